The fourth-order valence-corrected chi connectivity index (χ4v) is 2.10. The smallest absolute Gasteiger partial charge is 0.341 e. The predicted molar refractivity (Wildman–Crippen MR) is 89.6 cm³/mol. The molecule has 1 heterocycles. The average molecular weight is 331 g/mol. The number of rotatable bonds is 3. The van der Waals surface area contributed by atoms with Crippen LogP contribution in [0.15, 0.2) is 30.5 Å². The van der Waals surface area contributed by atoms with Crippen LogP contribution in [0.4, 0.5) is 4.79 Å². The number of esters is 1. The highest BCUT2D eigenvalue weighted by molar-refractivity contribution is 6.05. The number of benzene rings is 1. The number of nitrogens with one attached hydrogen (secondary N) is 3. The maximum absolute atomic E-state index is 12.2. The minimum atomic E-state index is -1.10. The molecule has 0 spiro atoms. The molecule has 2 rings (SSSR count). The highest BCUT2D eigenvalue weighted by Gasteiger charge is 2.23. The second kappa shape index (κ2) is 6.74. The number of carbonyl (C=O) groups excluding carboxylic acids is 3. The first kappa shape index (κ1) is 17.5. The summed E-state index contributed by atoms with van der Waals surface area (Å²) in [6.45, 7) is 6.78. The van der Waals surface area contributed by atoms with Gasteiger partial charge in [0, 0.05) is 22.6 Å². The summed E-state index contributed by atoms with van der Waals surface area (Å²) in [5.41, 5.74) is 0.657. The van der Waals surface area contributed by atoms with E-state index in [1.54, 1.807) is 32.9 Å². The maximum atomic E-state index is 12.2. The van der Waals surface area contributed by atoms with Gasteiger partial charge in [0.25, 0.3) is 5.91 Å². The largest absolute Gasteiger partial charge is 0.449 e. The molecule has 0 aliphatic carbocycles. The lowest BCUT2D eigenvalue weighted by Crippen LogP contribution is -2.50. The Balaban J connectivity index is 1.98. The maximum Gasteiger partial charge on any atom is 0.341 e. The second-order valence-electron chi connectivity index (χ2n) is 6.49. The lowest BCUT2D eigenvalue weighted by atomic mass is 10.1. The Morgan fingerprint density at radius 2 is 1.83 bits per heavy atom. The molecular weight excluding hydrogens is 310 g/mol. The first-order chi connectivity index (χ1) is 11.2. The molecule has 24 heavy (non-hydrogen) atoms. The van der Waals surface area contributed by atoms with Crippen molar-refractivity contribution in [1.82, 2.24) is 15.6 Å². The zero-order valence-electron chi connectivity index (χ0n) is 14.1. The molecular formula is C17H21N3O4. The van der Waals surface area contributed by atoms with Crippen LogP contribution in [0.5, 0.6) is 0 Å². The number of amides is 3. The summed E-state index contributed by atoms with van der Waals surface area (Å²) < 4.78 is 5.14. The first-order valence-electron chi connectivity index (χ1n) is 7.57. The van der Waals surface area contributed by atoms with Crippen molar-refractivity contribution in [1.29, 1.82) is 0 Å². The third-order valence-corrected chi connectivity index (χ3v) is 3.19. The number of fused-ring (bicyclic) bond motifs is 1. The molecule has 0 aliphatic rings. The van der Waals surface area contributed by atoms with Crippen LogP contribution in [0.25, 0.3) is 10.9 Å². The number of H-pyrrole nitrogens is 1. The van der Waals surface area contributed by atoms with Gasteiger partial charge in [0.15, 0.2) is 6.10 Å². The third-order valence-electron chi connectivity index (χ3n) is 3.19. The number of imide groups is 1. The minimum Gasteiger partial charge on any atom is -0.449 e. The molecule has 0 fully saturated rings. The molecule has 1 atom stereocenters. The van der Waals surface area contributed by atoms with E-state index < -0.39 is 29.6 Å². The van der Waals surface area contributed by atoms with Crippen LogP contribution in [0.3, 0.4) is 0 Å². The normalized spacial score (nSPS) is 12.5. The third kappa shape index (κ3) is 4.34. The molecule has 0 radical (unpaired) electrons. The highest BCUT2D eigenvalue weighted by Crippen LogP contribution is 2.18. The van der Waals surface area contributed by atoms with Crippen LogP contribution < -0.4 is 10.6 Å². The van der Waals surface area contributed by atoms with E-state index in [2.05, 4.69) is 15.6 Å². The van der Waals surface area contributed by atoms with Gasteiger partial charge in [0.1, 0.15) is 0 Å². The number of urea groups is 1. The topological polar surface area (TPSA) is 100 Å². The summed E-state index contributed by atoms with van der Waals surface area (Å²) in [7, 11) is 0. The Bertz CT molecular complexity index is 773. The zero-order valence-corrected chi connectivity index (χ0v) is 14.1. The van der Waals surface area contributed by atoms with Gasteiger partial charge in [0.05, 0.1) is 5.56 Å². The average Bonchev–Trinajstić information content (AvgIpc) is 2.88. The summed E-state index contributed by atoms with van der Waals surface area (Å²) in [4.78, 5) is 38.8. The van der Waals surface area contributed by atoms with Crippen LogP contribution in [-0.2, 0) is 9.53 Å². The van der Waals surface area contributed by atoms with Crippen molar-refractivity contribution in [3.05, 3.63) is 36.0 Å². The number of ether oxygens (including phenoxy) is 1. The molecule has 3 N–H and O–H groups in total. The fraction of sp³-hybridized carbons (Fsp3) is 0.353. The molecule has 0 unspecified atom stereocenters. The molecule has 0 bridgehead atoms. The van der Waals surface area contributed by atoms with Gasteiger partial charge in [-0.15, -0.1) is 0 Å². The van der Waals surface area contributed by atoms with Crippen LogP contribution in [-0.4, -0.2) is 34.5 Å². The van der Waals surface area contributed by atoms with Gasteiger partial charge in [-0.3, -0.25) is 10.1 Å². The molecule has 2 aromatic rings. The van der Waals surface area contributed by atoms with Crippen molar-refractivity contribution in [2.75, 3.05) is 0 Å². The Morgan fingerprint density at radius 1 is 1.17 bits per heavy atom. The van der Waals surface area contributed by atoms with Crippen LogP contribution >= 0.6 is 0 Å². The molecule has 7 heteroatoms. The summed E-state index contributed by atoms with van der Waals surface area (Å²) >= 11 is 0. The summed E-state index contributed by atoms with van der Waals surface area (Å²) in [5, 5.41) is 5.45. The van der Waals surface area contributed by atoms with Gasteiger partial charge in [-0.1, -0.05) is 18.2 Å². The number of hydrogen-bond donors (Lipinski definition) is 3. The number of hydrogen-bond acceptors (Lipinski definition) is 4. The van der Waals surface area contributed by atoms with Crippen molar-refractivity contribution in [3.63, 3.8) is 0 Å². The monoisotopic (exact) mass is 331 g/mol. The second-order valence-corrected chi connectivity index (χ2v) is 6.49. The Kier molecular flexibility index (Phi) is 4.92. The van der Waals surface area contributed by atoms with E-state index >= 15 is 0 Å². The SMILES string of the molecule is C[C@H](OC(=O)c1c[nH]c2ccccc12)C(=O)NC(=O)NC(C)(C)C. The summed E-state index contributed by atoms with van der Waals surface area (Å²) in [6, 6.07) is 6.63. The highest BCUT2D eigenvalue weighted by atomic mass is 16.5. The molecule has 0 aliphatic heterocycles. The number of aromatic nitrogens is 1. The molecule has 128 valence electrons. The van der Waals surface area contributed by atoms with Gasteiger partial charge in [-0.25, -0.2) is 9.59 Å². The van der Waals surface area contributed by atoms with E-state index in [0.717, 1.165) is 5.52 Å². The van der Waals surface area contributed by atoms with Gasteiger partial charge < -0.3 is 15.0 Å². The molecule has 7 nitrogen and oxygen atoms in total. The van der Waals surface area contributed by atoms with Crippen LogP contribution in [0, 0.1) is 0 Å². The van der Waals surface area contributed by atoms with E-state index in [4.69, 9.17) is 4.74 Å². The molecule has 0 saturated heterocycles. The van der Waals surface area contributed by atoms with E-state index in [1.165, 1.54) is 13.1 Å². The molecule has 0 saturated carbocycles. The molecule has 3 amide bonds. The van der Waals surface area contributed by atoms with E-state index in [1.807, 2.05) is 12.1 Å². The van der Waals surface area contributed by atoms with E-state index in [-0.39, 0.29) is 0 Å². The number of aromatic amines is 1. The van der Waals surface area contributed by atoms with Gasteiger partial charge >= 0.3 is 12.0 Å². The van der Waals surface area contributed by atoms with Crippen molar-refractivity contribution in [3.8, 4) is 0 Å². The lowest BCUT2D eigenvalue weighted by Gasteiger charge is -2.21. The first-order valence-corrected chi connectivity index (χ1v) is 7.57. The van der Waals surface area contributed by atoms with Crippen molar-refractivity contribution < 1.29 is 19.1 Å². The van der Waals surface area contributed by atoms with Gasteiger partial charge in [-0.05, 0) is 33.8 Å². The fourth-order valence-electron chi connectivity index (χ4n) is 2.10. The zero-order chi connectivity index (χ0) is 17.9. The summed E-state index contributed by atoms with van der Waals surface area (Å²) in [6.07, 6.45) is 0.432. The standard InChI is InChI=1S/C17H21N3O4/c1-10(14(21)19-16(23)20-17(2,3)4)24-15(22)12-9-18-13-8-6-5-7-11(12)13/h5-10,18H,1-4H3,(H2,19,20,21,23)/t10-/m0/s1. The Labute approximate surface area is 139 Å². The van der Waals surface area contributed by atoms with Crippen molar-refractivity contribution in [2.45, 2.75) is 39.3 Å². The van der Waals surface area contributed by atoms with E-state index in [9.17, 15) is 14.4 Å². The van der Waals surface area contributed by atoms with Crippen LogP contribution in [0.1, 0.15) is 38.1 Å². The minimum absolute atomic E-state index is 0.337. The predicted octanol–water partition coefficient (Wildman–Crippen LogP) is 2.34. The summed E-state index contributed by atoms with van der Waals surface area (Å²) in [5.74, 6) is -1.32. The van der Waals surface area contributed by atoms with Gasteiger partial charge in [-0.2, -0.15) is 0 Å². The lowest BCUT2D eigenvalue weighted by molar-refractivity contribution is -0.127. The molecule has 1 aromatic heterocycles. The van der Waals surface area contributed by atoms with Crippen molar-refractivity contribution in [2.24, 2.45) is 0 Å². The van der Waals surface area contributed by atoms with Crippen LogP contribution in [0.2, 0.25) is 0 Å². The quantitative estimate of drug-likeness (QED) is 0.752. The number of para-hydroxylation sites is 1. The number of carbonyl (C=O) groups is 3. The molecule has 1 aromatic carbocycles. The Morgan fingerprint density at radius 3 is 2.50 bits per heavy atom. The van der Waals surface area contributed by atoms with Gasteiger partial charge in [0.2, 0.25) is 0 Å². The van der Waals surface area contributed by atoms with Crippen molar-refractivity contribution >= 4 is 28.8 Å². The van der Waals surface area contributed by atoms with E-state index in [0.29, 0.717) is 10.9 Å². The Hall–Kier alpha value is -2.83.